The second-order valence-corrected chi connectivity index (χ2v) is 7.56. The molecule has 1 heterocycles. The Hall–Kier alpha value is -2.08. The van der Waals surface area contributed by atoms with Crippen LogP contribution in [0.1, 0.15) is 38.3 Å². The summed E-state index contributed by atoms with van der Waals surface area (Å²) in [6.45, 7) is 6.99. The lowest BCUT2D eigenvalue weighted by Crippen LogP contribution is -2.44. The van der Waals surface area contributed by atoms with E-state index in [1.807, 2.05) is 27.9 Å². The minimum atomic E-state index is -0.556. The Balaban J connectivity index is 2.01. The van der Waals surface area contributed by atoms with Crippen LogP contribution < -0.4 is 15.5 Å². The number of benzene rings is 1. The highest BCUT2D eigenvalue weighted by molar-refractivity contribution is 6.35. The fourth-order valence-electron chi connectivity index (χ4n) is 3.15. The molecule has 1 aromatic rings. The average molecular weight is 361 g/mol. The van der Waals surface area contributed by atoms with Gasteiger partial charge in [0.05, 0.1) is 6.04 Å². The molecule has 1 atom stereocenters. The lowest BCUT2D eigenvalue weighted by atomic mass is 10.0. The van der Waals surface area contributed by atoms with Crippen molar-refractivity contribution in [3.63, 3.8) is 0 Å². The fourth-order valence-corrected chi connectivity index (χ4v) is 3.15. The highest BCUT2D eigenvalue weighted by Gasteiger charge is 2.25. The summed E-state index contributed by atoms with van der Waals surface area (Å²) in [6.07, 6.45) is 2.35. The SMILES string of the molecule is CC(C)CNC(=O)C(=O)NCC(c1ccc(N(C)C)cc1)N1CCCC1. The fraction of sp³-hybridized carbons (Fsp3) is 0.600. The molecule has 6 nitrogen and oxygen atoms in total. The number of rotatable bonds is 7. The van der Waals surface area contributed by atoms with Gasteiger partial charge >= 0.3 is 11.8 Å². The Labute approximate surface area is 156 Å². The van der Waals surface area contributed by atoms with Crippen LogP contribution in [0.2, 0.25) is 0 Å². The molecule has 0 spiro atoms. The lowest BCUT2D eigenvalue weighted by molar-refractivity contribution is -0.139. The summed E-state index contributed by atoms with van der Waals surface area (Å²) in [4.78, 5) is 28.4. The van der Waals surface area contributed by atoms with Gasteiger partial charge in [-0.15, -0.1) is 0 Å². The molecule has 0 radical (unpaired) electrons. The molecular weight excluding hydrogens is 328 g/mol. The molecule has 0 aromatic heterocycles. The van der Waals surface area contributed by atoms with E-state index in [-0.39, 0.29) is 6.04 Å². The number of anilines is 1. The first kappa shape index (κ1) is 20.2. The third-order valence-corrected chi connectivity index (χ3v) is 4.71. The van der Waals surface area contributed by atoms with E-state index >= 15 is 0 Å². The second-order valence-electron chi connectivity index (χ2n) is 7.56. The number of carbonyl (C=O) groups is 2. The van der Waals surface area contributed by atoms with Gasteiger partial charge in [0.15, 0.2) is 0 Å². The maximum atomic E-state index is 12.1. The number of carbonyl (C=O) groups excluding carboxylic acids is 2. The van der Waals surface area contributed by atoms with E-state index in [1.54, 1.807) is 0 Å². The van der Waals surface area contributed by atoms with Crippen LogP contribution in [0.3, 0.4) is 0 Å². The van der Waals surface area contributed by atoms with Crippen LogP contribution in [-0.4, -0.2) is 57.0 Å². The van der Waals surface area contributed by atoms with Gasteiger partial charge in [0.2, 0.25) is 0 Å². The highest BCUT2D eigenvalue weighted by atomic mass is 16.2. The standard InChI is InChI=1S/C20H32N4O2/c1-15(2)13-21-19(25)20(26)22-14-18(24-11-5-6-12-24)16-7-9-17(10-8-16)23(3)4/h7-10,15,18H,5-6,11-14H2,1-4H3,(H,21,25)(H,22,26). The third-order valence-electron chi connectivity index (χ3n) is 4.71. The van der Waals surface area contributed by atoms with Crippen molar-refractivity contribution in [2.24, 2.45) is 5.92 Å². The van der Waals surface area contributed by atoms with Crippen LogP contribution in [0.5, 0.6) is 0 Å². The van der Waals surface area contributed by atoms with Crippen molar-refractivity contribution in [2.45, 2.75) is 32.7 Å². The predicted octanol–water partition coefficient (Wildman–Crippen LogP) is 1.78. The van der Waals surface area contributed by atoms with Crippen molar-refractivity contribution in [1.29, 1.82) is 0 Å². The van der Waals surface area contributed by atoms with Crippen LogP contribution in [0.4, 0.5) is 5.69 Å². The molecule has 1 aliphatic rings. The Bertz CT molecular complexity index is 592. The molecule has 1 unspecified atom stereocenters. The van der Waals surface area contributed by atoms with E-state index < -0.39 is 11.8 Å². The zero-order valence-corrected chi connectivity index (χ0v) is 16.4. The summed E-state index contributed by atoms with van der Waals surface area (Å²) in [5, 5.41) is 5.48. The molecule has 1 fully saturated rings. The molecule has 1 aliphatic heterocycles. The van der Waals surface area contributed by atoms with Gasteiger partial charge in [0.1, 0.15) is 0 Å². The van der Waals surface area contributed by atoms with Crippen LogP contribution in [0, 0.1) is 5.92 Å². The summed E-state index contributed by atoms with van der Waals surface area (Å²) in [7, 11) is 4.03. The molecule has 2 N–H and O–H groups in total. The zero-order valence-electron chi connectivity index (χ0n) is 16.4. The van der Waals surface area contributed by atoms with Crippen LogP contribution in [0.25, 0.3) is 0 Å². The summed E-state index contributed by atoms with van der Waals surface area (Å²) >= 11 is 0. The molecule has 0 saturated carbocycles. The first-order chi connectivity index (χ1) is 12.4. The molecule has 26 heavy (non-hydrogen) atoms. The van der Waals surface area contributed by atoms with E-state index in [1.165, 1.54) is 18.4 Å². The van der Waals surface area contributed by atoms with Crippen LogP contribution >= 0.6 is 0 Å². The van der Waals surface area contributed by atoms with E-state index in [2.05, 4.69) is 44.7 Å². The predicted molar refractivity (Wildman–Crippen MR) is 105 cm³/mol. The van der Waals surface area contributed by atoms with Crippen LogP contribution in [0.15, 0.2) is 24.3 Å². The lowest BCUT2D eigenvalue weighted by Gasteiger charge is -2.28. The summed E-state index contributed by atoms with van der Waals surface area (Å²) < 4.78 is 0. The maximum Gasteiger partial charge on any atom is 0.309 e. The minimum Gasteiger partial charge on any atom is -0.378 e. The van der Waals surface area contributed by atoms with E-state index in [4.69, 9.17) is 0 Å². The van der Waals surface area contributed by atoms with Gasteiger partial charge in [-0.25, -0.2) is 0 Å². The average Bonchev–Trinajstić information content (AvgIpc) is 3.14. The van der Waals surface area contributed by atoms with Gasteiger partial charge in [-0.05, 0) is 49.5 Å². The van der Waals surface area contributed by atoms with E-state index in [9.17, 15) is 9.59 Å². The second kappa shape index (κ2) is 9.57. The number of hydrogen-bond acceptors (Lipinski definition) is 4. The Kier molecular flexibility index (Phi) is 7.45. The third kappa shape index (κ3) is 5.73. The van der Waals surface area contributed by atoms with Gasteiger partial charge in [0.25, 0.3) is 0 Å². The largest absolute Gasteiger partial charge is 0.378 e. The maximum absolute atomic E-state index is 12.1. The molecule has 2 amide bonds. The Morgan fingerprint density at radius 1 is 1.00 bits per heavy atom. The molecule has 6 heteroatoms. The first-order valence-corrected chi connectivity index (χ1v) is 9.46. The van der Waals surface area contributed by atoms with Gasteiger partial charge in [-0.3, -0.25) is 14.5 Å². The molecule has 2 rings (SSSR count). The molecule has 1 aromatic carbocycles. The van der Waals surface area contributed by atoms with Crippen molar-refractivity contribution in [3.8, 4) is 0 Å². The van der Waals surface area contributed by atoms with E-state index in [0.29, 0.717) is 19.0 Å². The smallest absolute Gasteiger partial charge is 0.309 e. The number of hydrogen-bond donors (Lipinski definition) is 2. The van der Waals surface area contributed by atoms with E-state index in [0.717, 1.165) is 18.8 Å². The van der Waals surface area contributed by atoms with Crippen LogP contribution in [-0.2, 0) is 9.59 Å². The molecular formula is C20H32N4O2. The van der Waals surface area contributed by atoms with Crippen molar-refractivity contribution in [1.82, 2.24) is 15.5 Å². The normalized spacial score (nSPS) is 15.7. The summed E-state index contributed by atoms with van der Waals surface area (Å²) in [5.74, 6) is -0.791. The monoisotopic (exact) mass is 360 g/mol. The molecule has 144 valence electrons. The van der Waals surface area contributed by atoms with Gasteiger partial charge in [0, 0.05) is 32.9 Å². The number of likely N-dealkylation sites (tertiary alicyclic amines) is 1. The molecule has 0 aliphatic carbocycles. The van der Waals surface area contributed by atoms with Gasteiger partial charge in [-0.2, -0.15) is 0 Å². The first-order valence-electron chi connectivity index (χ1n) is 9.46. The van der Waals surface area contributed by atoms with Gasteiger partial charge in [-0.1, -0.05) is 26.0 Å². The quantitative estimate of drug-likeness (QED) is 0.728. The number of amides is 2. The van der Waals surface area contributed by atoms with Crippen molar-refractivity contribution in [2.75, 3.05) is 45.2 Å². The highest BCUT2D eigenvalue weighted by Crippen LogP contribution is 2.26. The molecule has 1 saturated heterocycles. The summed E-state index contributed by atoms with van der Waals surface area (Å²) in [6, 6.07) is 8.51. The Morgan fingerprint density at radius 2 is 1.54 bits per heavy atom. The zero-order chi connectivity index (χ0) is 19.1. The number of nitrogens with one attached hydrogen (secondary N) is 2. The van der Waals surface area contributed by atoms with Crippen molar-refractivity contribution in [3.05, 3.63) is 29.8 Å². The van der Waals surface area contributed by atoms with Crippen molar-refractivity contribution < 1.29 is 9.59 Å². The Morgan fingerprint density at radius 3 is 2.04 bits per heavy atom. The summed E-state index contributed by atoms with van der Waals surface area (Å²) in [5.41, 5.74) is 2.31. The van der Waals surface area contributed by atoms with Gasteiger partial charge < -0.3 is 15.5 Å². The van der Waals surface area contributed by atoms with Crippen molar-refractivity contribution >= 4 is 17.5 Å². The topological polar surface area (TPSA) is 64.7 Å². The minimum absolute atomic E-state index is 0.0931. The molecule has 0 bridgehead atoms. The number of nitrogens with zero attached hydrogens (tertiary/aromatic N) is 2.